The Balaban J connectivity index is 1.70. The molecular weight excluding hydrogens is 372 g/mol. The molecule has 0 aromatic carbocycles. The van der Waals surface area contributed by atoms with Gasteiger partial charge in [0.25, 0.3) is 0 Å². The average molecular weight is 417 g/mol. The van der Waals surface area contributed by atoms with Crippen LogP contribution in [0, 0.1) is 23.2 Å². The summed E-state index contributed by atoms with van der Waals surface area (Å²) in [6.45, 7) is 12.8. The number of fused-ring (bicyclic) bond motifs is 1. The van der Waals surface area contributed by atoms with Crippen LogP contribution in [0.3, 0.4) is 0 Å². The van der Waals surface area contributed by atoms with Crippen LogP contribution in [0.15, 0.2) is 35.5 Å². The van der Waals surface area contributed by atoms with Gasteiger partial charge in [0.2, 0.25) is 0 Å². The zero-order valence-electron chi connectivity index (χ0n) is 19.7. The molecule has 3 rings (SSSR count). The first kappa shape index (κ1) is 23.8. The molecule has 3 aliphatic rings. The van der Waals surface area contributed by atoms with Crippen molar-refractivity contribution in [3.8, 4) is 0 Å². The van der Waals surface area contributed by atoms with E-state index in [1.807, 2.05) is 13.8 Å². The first-order valence-corrected chi connectivity index (χ1v) is 12.2. The van der Waals surface area contributed by atoms with Gasteiger partial charge < -0.3 is 15.3 Å². The lowest BCUT2D eigenvalue weighted by Crippen LogP contribution is -2.36. The van der Waals surface area contributed by atoms with Crippen LogP contribution in [0.25, 0.3) is 0 Å². The van der Waals surface area contributed by atoms with Crippen LogP contribution >= 0.6 is 0 Å². The molecule has 0 heterocycles. The topological polar surface area (TPSA) is 60.7 Å². The predicted molar refractivity (Wildman–Crippen MR) is 124 cm³/mol. The highest BCUT2D eigenvalue weighted by Gasteiger charge is 2.50. The molecule has 0 unspecified atom stereocenters. The molecule has 30 heavy (non-hydrogen) atoms. The van der Waals surface area contributed by atoms with E-state index in [1.54, 1.807) is 5.57 Å². The van der Waals surface area contributed by atoms with E-state index in [9.17, 15) is 15.3 Å². The van der Waals surface area contributed by atoms with Crippen molar-refractivity contribution >= 4 is 0 Å². The van der Waals surface area contributed by atoms with Crippen molar-refractivity contribution in [1.29, 1.82) is 0 Å². The summed E-state index contributed by atoms with van der Waals surface area (Å²) in [5.41, 5.74) is 3.17. The summed E-state index contributed by atoms with van der Waals surface area (Å²) in [6.07, 6.45) is 13.9. The fourth-order valence-corrected chi connectivity index (χ4v) is 6.74. The largest absolute Gasteiger partial charge is 0.393 e. The maximum absolute atomic E-state index is 10.1. The number of hydrogen-bond acceptors (Lipinski definition) is 3. The van der Waals surface area contributed by atoms with Crippen molar-refractivity contribution in [2.24, 2.45) is 23.2 Å². The Morgan fingerprint density at radius 2 is 1.97 bits per heavy atom. The van der Waals surface area contributed by atoms with Gasteiger partial charge in [0, 0.05) is 6.42 Å². The van der Waals surface area contributed by atoms with Gasteiger partial charge in [-0.15, -0.1) is 0 Å². The molecule has 0 radical (unpaired) electrons. The van der Waals surface area contributed by atoms with Crippen LogP contribution < -0.4 is 0 Å². The molecule has 3 fully saturated rings. The van der Waals surface area contributed by atoms with Crippen LogP contribution in [-0.4, -0.2) is 33.1 Å². The fourth-order valence-electron chi connectivity index (χ4n) is 6.74. The van der Waals surface area contributed by atoms with Crippen molar-refractivity contribution in [3.63, 3.8) is 0 Å². The minimum absolute atomic E-state index is 0.374. The van der Waals surface area contributed by atoms with Gasteiger partial charge in [0.15, 0.2) is 0 Å². The third-order valence-electron chi connectivity index (χ3n) is 8.44. The Labute approximate surface area is 184 Å². The third kappa shape index (κ3) is 5.29. The summed E-state index contributed by atoms with van der Waals surface area (Å²) < 4.78 is 0. The Hall–Kier alpha value is -0.900. The van der Waals surface area contributed by atoms with Crippen LogP contribution in [0.2, 0.25) is 0 Å². The van der Waals surface area contributed by atoms with E-state index in [2.05, 4.69) is 32.6 Å². The second-order valence-corrected chi connectivity index (χ2v) is 11.3. The smallest absolute Gasteiger partial charge is 0.0811 e. The van der Waals surface area contributed by atoms with Crippen molar-refractivity contribution in [2.75, 3.05) is 0 Å². The summed E-state index contributed by atoms with van der Waals surface area (Å²) in [5, 5.41) is 30.2. The molecule has 6 atom stereocenters. The second-order valence-electron chi connectivity index (χ2n) is 11.3. The molecule has 3 N–H and O–H groups in total. The maximum atomic E-state index is 10.1. The van der Waals surface area contributed by atoms with E-state index >= 15 is 0 Å². The van der Waals surface area contributed by atoms with Gasteiger partial charge in [-0.1, -0.05) is 51.0 Å². The molecule has 0 bridgehead atoms. The number of allylic oxidation sites excluding steroid dienone is 3. The minimum atomic E-state index is -0.615. The first-order chi connectivity index (χ1) is 14.0. The molecule has 0 saturated heterocycles. The normalized spacial score (nSPS) is 38.8. The summed E-state index contributed by atoms with van der Waals surface area (Å²) in [4.78, 5) is 0. The summed E-state index contributed by atoms with van der Waals surface area (Å²) in [5.74, 6) is 2.11. The standard InChI is InChI=1S/C27H44O3/c1-18(8-6-14-26(3,4)30)23-12-13-24-20(9-7-15-27(23,24)5)10-11-21-16-22(28)17-25(29)19(21)2/h10-11,18,22-25,28-30H,2,6-9,12-17H2,1,3-5H3/b20-10+,21-11-/t18-,22-,23-,24+,25-,27+/m0/s1. The van der Waals surface area contributed by atoms with Gasteiger partial charge in [-0.2, -0.15) is 0 Å². The van der Waals surface area contributed by atoms with E-state index in [1.165, 1.54) is 38.5 Å². The number of rotatable bonds is 6. The number of aliphatic hydroxyl groups excluding tert-OH is 2. The first-order valence-electron chi connectivity index (χ1n) is 12.2. The average Bonchev–Trinajstić information content (AvgIpc) is 3.00. The van der Waals surface area contributed by atoms with Gasteiger partial charge in [0.1, 0.15) is 0 Å². The van der Waals surface area contributed by atoms with Crippen molar-refractivity contribution in [1.82, 2.24) is 0 Å². The van der Waals surface area contributed by atoms with Crippen molar-refractivity contribution < 1.29 is 15.3 Å². The number of hydrogen-bond donors (Lipinski definition) is 3. The van der Waals surface area contributed by atoms with Crippen molar-refractivity contribution in [2.45, 2.75) is 110 Å². The highest BCUT2D eigenvalue weighted by molar-refractivity contribution is 5.38. The second kappa shape index (κ2) is 9.30. The highest BCUT2D eigenvalue weighted by Crippen LogP contribution is 2.60. The monoisotopic (exact) mass is 416 g/mol. The lowest BCUT2D eigenvalue weighted by molar-refractivity contribution is 0.0596. The van der Waals surface area contributed by atoms with Crippen molar-refractivity contribution in [3.05, 3.63) is 35.5 Å². The Morgan fingerprint density at radius 3 is 2.67 bits per heavy atom. The molecule has 0 spiro atoms. The molecule has 0 aliphatic heterocycles. The van der Waals surface area contributed by atoms with Gasteiger partial charge in [-0.25, -0.2) is 0 Å². The van der Waals surface area contributed by atoms with Crippen LogP contribution in [0.5, 0.6) is 0 Å². The van der Waals surface area contributed by atoms with E-state index in [0.717, 1.165) is 29.9 Å². The summed E-state index contributed by atoms with van der Waals surface area (Å²) in [7, 11) is 0. The zero-order chi connectivity index (χ0) is 22.1. The third-order valence-corrected chi connectivity index (χ3v) is 8.44. The number of aliphatic hydroxyl groups is 3. The molecule has 3 nitrogen and oxygen atoms in total. The SMILES string of the molecule is C=C1/C(=C\C=C2/CCC[C@@]3(C)[C@@H]2CC[C@H]3[C@@H](C)CCCC(C)(C)O)C[C@H](O)C[C@@H]1O. The molecular formula is C27H44O3. The van der Waals surface area contributed by atoms with Gasteiger partial charge in [-0.3, -0.25) is 0 Å². The Kier molecular flexibility index (Phi) is 7.37. The van der Waals surface area contributed by atoms with Crippen LogP contribution in [0.4, 0.5) is 0 Å². The highest BCUT2D eigenvalue weighted by atomic mass is 16.3. The molecule has 0 aromatic rings. The van der Waals surface area contributed by atoms with E-state index in [0.29, 0.717) is 30.1 Å². The Bertz CT molecular complexity index is 683. The maximum Gasteiger partial charge on any atom is 0.0811 e. The molecule has 3 heteroatoms. The quantitative estimate of drug-likeness (QED) is 0.520. The lowest BCUT2D eigenvalue weighted by Gasteiger charge is -2.44. The lowest BCUT2D eigenvalue weighted by atomic mass is 9.60. The van der Waals surface area contributed by atoms with Gasteiger partial charge in [0.05, 0.1) is 17.8 Å². The summed E-state index contributed by atoms with van der Waals surface area (Å²) in [6, 6.07) is 0. The van der Waals surface area contributed by atoms with Crippen LogP contribution in [-0.2, 0) is 0 Å². The summed E-state index contributed by atoms with van der Waals surface area (Å²) >= 11 is 0. The van der Waals surface area contributed by atoms with Crippen LogP contribution in [0.1, 0.15) is 91.9 Å². The zero-order valence-corrected chi connectivity index (χ0v) is 19.7. The molecule has 3 aliphatic carbocycles. The molecule has 0 amide bonds. The fraction of sp³-hybridized carbons (Fsp3) is 0.778. The van der Waals surface area contributed by atoms with Gasteiger partial charge in [-0.05, 0) is 93.1 Å². The van der Waals surface area contributed by atoms with E-state index in [-0.39, 0.29) is 0 Å². The molecule has 0 aromatic heterocycles. The van der Waals surface area contributed by atoms with E-state index in [4.69, 9.17) is 0 Å². The minimum Gasteiger partial charge on any atom is -0.393 e. The van der Waals surface area contributed by atoms with E-state index < -0.39 is 17.8 Å². The molecule has 3 saturated carbocycles. The Morgan fingerprint density at radius 1 is 1.23 bits per heavy atom. The molecule has 170 valence electrons. The van der Waals surface area contributed by atoms with Gasteiger partial charge >= 0.3 is 0 Å². The predicted octanol–water partition coefficient (Wildman–Crippen LogP) is 5.70.